The van der Waals surface area contributed by atoms with Gasteiger partial charge in [-0.05, 0) is 73.5 Å². The normalized spacial score (nSPS) is 15.5. The summed E-state index contributed by atoms with van der Waals surface area (Å²) in [6.07, 6.45) is 1.94. The maximum absolute atomic E-state index is 12.7. The summed E-state index contributed by atoms with van der Waals surface area (Å²) in [6.45, 7) is 5.71. The van der Waals surface area contributed by atoms with E-state index in [1.807, 2.05) is 19.9 Å². The molecule has 7 nitrogen and oxygen atoms in total. The zero-order valence-corrected chi connectivity index (χ0v) is 21.8. The molecule has 186 valence electrons. The van der Waals surface area contributed by atoms with Gasteiger partial charge in [-0.3, -0.25) is 19.3 Å². The van der Waals surface area contributed by atoms with E-state index in [-0.39, 0.29) is 17.6 Å². The Balaban J connectivity index is 1.73. The van der Waals surface area contributed by atoms with E-state index in [1.165, 1.54) is 0 Å². The second kappa shape index (κ2) is 12.3. The summed E-state index contributed by atoms with van der Waals surface area (Å²) in [7, 11) is 0. The third-order valence-electron chi connectivity index (χ3n) is 5.01. The molecular weight excluding hydrogens is 513 g/mol. The molecule has 1 saturated heterocycles. The van der Waals surface area contributed by atoms with E-state index in [0.717, 1.165) is 22.2 Å². The number of imide groups is 1. The molecule has 0 unspecified atom stereocenters. The van der Waals surface area contributed by atoms with Crippen LogP contribution in [0.15, 0.2) is 41.3 Å². The van der Waals surface area contributed by atoms with Crippen molar-refractivity contribution in [2.45, 2.75) is 39.9 Å². The van der Waals surface area contributed by atoms with Crippen molar-refractivity contribution in [3.05, 3.63) is 62.5 Å². The molecule has 1 aliphatic heterocycles. The Bertz CT molecular complexity index is 1150. The molecule has 0 spiro atoms. The van der Waals surface area contributed by atoms with Crippen LogP contribution in [0, 0.1) is 0 Å². The lowest BCUT2D eigenvalue weighted by Crippen LogP contribution is -2.35. The number of amides is 2. The highest BCUT2D eigenvalue weighted by molar-refractivity contribution is 8.18. The fraction of sp³-hybridized carbons (Fsp3) is 0.320. The van der Waals surface area contributed by atoms with Crippen LogP contribution in [0.5, 0.6) is 11.5 Å². The van der Waals surface area contributed by atoms with Crippen LogP contribution in [0.1, 0.15) is 38.3 Å². The molecule has 1 fully saturated rings. The average molecular weight is 538 g/mol. The molecule has 3 rings (SSSR count). The van der Waals surface area contributed by atoms with Gasteiger partial charge < -0.3 is 14.2 Å². The number of rotatable bonds is 10. The number of carbonyl (C=O) groups excluding carboxylic acids is 3. The zero-order valence-electron chi connectivity index (χ0n) is 19.5. The number of esters is 1. The molecule has 10 heteroatoms. The molecule has 0 radical (unpaired) electrons. The van der Waals surface area contributed by atoms with E-state index < -0.39 is 23.7 Å². The van der Waals surface area contributed by atoms with Crippen LogP contribution in [0.2, 0.25) is 10.0 Å². The quantitative estimate of drug-likeness (QED) is 0.258. The summed E-state index contributed by atoms with van der Waals surface area (Å²) >= 11 is 12.8. The number of carbonyl (C=O) groups is 3. The predicted molar refractivity (Wildman–Crippen MR) is 137 cm³/mol. The van der Waals surface area contributed by atoms with Gasteiger partial charge in [-0.15, -0.1) is 0 Å². The van der Waals surface area contributed by atoms with Gasteiger partial charge in [0.15, 0.2) is 11.5 Å². The molecule has 1 atom stereocenters. The molecule has 1 heterocycles. The van der Waals surface area contributed by atoms with Crippen LogP contribution < -0.4 is 9.47 Å². The maximum Gasteiger partial charge on any atom is 0.326 e. The number of halogens is 2. The van der Waals surface area contributed by atoms with Gasteiger partial charge in [0, 0.05) is 0 Å². The van der Waals surface area contributed by atoms with E-state index in [1.54, 1.807) is 43.3 Å². The average Bonchev–Trinajstić information content (AvgIpc) is 3.08. The third kappa shape index (κ3) is 7.16. The van der Waals surface area contributed by atoms with E-state index >= 15 is 0 Å². The first-order valence-corrected chi connectivity index (χ1v) is 12.6. The molecule has 0 N–H and O–H groups in total. The van der Waals surface area contributed by atoms with Gasteiger partial charge in [-0.25, -0.2) is 0 Å². The van der Waals surface area contributed by atoms with Crippen molar-refractivity contribution in [3.8, 4) is 11.5 Å². The number of nitrogens with zero attached hydrogens (tertiary/aromatic N) is 1. The van der Waals surface area contributed by atoms with Crippen molar-refractivity contribution in [2.75, 3.05) is 13.2 Å². The maximum atomic E-state index is 12.7. The van der Waals surface area contributed by atoms with Crippen LogP contribution in [0.4, 0.5) is 4.79 Å². The molecule has 0 saturated carbocycles. The van der Waals surface area contributed by atoms with Crippen LogP contribution in [0.3, 0.4) is 0 Å². The Morgan fingerprint density at radius 3 is 2.51 bits per heavy atom. The molecule has 1 aliphatic rings. The van der Waals surface area contributed by atoms with Gasteiger partial charge in [0.1, 0.15) is 13.2 Å². The van der Waals surface area contributed by atoms with Gasteiger partial charge in [-0.1, -0.05) is 42.3 Å². The Morgan fingerprint density at radius 2 is 1.83 bits per heavy atom. The number of ether oxygens (including phenoxy) is 3. The largest absolute Gasteiger partial charge is 0.490 e. The smallest absolute Gasteiger partial charge is 0.326 e. The third-order valence-corrected chi connectivity index (χ3v) is 6.66. The van der Waals surface area contributed by atoms with Crippen molar-refractivity contribution in [1.82, 2.24) is 4.90 Å². The van der Waals surface area contributed by atoms with Gasteiger partial charge in [-0.2, -0.15) is 0 Å². The van der Waals surface area contributed by atoms with Crippen molar-refractivity contribution in [3.63, 3.8) is 0 Å². The summed E-state index contributed by atoms with van der Waals surface area (Å²) in [5.41, 5.74) is 1.48. The minimum atomic E-state index is -0.620. The Labute approximate surface area is 218 Å². The minimum absolute atomic E-state index is 0.207. The Hall–Kier alpha value is -2.68. The number of benzene rings is 2. The van der Waals surface area contributed by atoms with E-state index in [9.17, 15) is 14.4 Å². The van der Waals surface area contributed by atoms with Gasteiger partial charge in [0.2, 0.25) is 0 Å². The molecule has 35 heavy (non-hydrogen) atoms. The fourth-order valence-corrected chi connectivity index (χ4v) is 4.21. The Kier molecular flexibility index (Phi) is 9.48. The number of thioether (sulfide) groups is 1. The molecule has 2 aromatic carbocycles. The van der Waals surface area contributed by atoms with Crippen LogP contribution >= 0.6 is 35.0 Å². The standard InChI is InChI=1S/C25H25Cl2NO6S/c1-4-15(3)34-23(29)13-28-24(30)22(35-25(28)31)12-16-7-9-20(21(11-16)32-5-2)33-14-17-6-8-18(26)19(27)10-17/h6-12,15H,4-5,13-14H2,1-3H3/b22-12+/t15-/m1/s1. The molecule has 2 aromatic rings. The number of hydrogen-bond donors (Lipinski definition) is 0. The van der Waals surface area contributed by atoms with E-state index in [0.29, 0.717) is 40.1 Å². The van der Waals surface area contributed by atoms with Gasteiger partial charge in [0.25, 0.3) is 11.1 Å². The monoisotopic (exact) mass is 537 g/mol. The van der Waals surface area contributed by atoms with Crippen molar-refractivity contribution < 1.29 is 28.6 Å². The summed E-state index contributed by atoms with van der Waals surface area (Å²) < 4.78 is 16.8. The second-order valence-corrected chi connectivity index (χ2v) is 9.46. The molecule has 0 aromatic heterocycles. The summed E-state index contributed by atoms with van der Waals surface area (Å²) in [4.78, 5) is 38.2. The zero-order chi connectivity index (χ0) is 25.5. The fourth-order valence-electron chi connectivity index (χ4n) is 3.05. The SMILES string of the molecule is CCOc1cc(/C=C2/SC(=O)N(CC(=O)O[C@H](C)CC)C2=O)ccc1OCc1ccc(Cl)c(Cl)c1. The highest BCUT2D eigenvalue weighted by atomic mass is 35.5. The lowest BCUT2D eigenvalue weighted by molar-refractivity contribution is -0.150. The first kappa shape index (κ1) is 26.9. The Morgan fingerprint density at radius 1 is 1.06 bits per heavy atom. The first-order valence-electron chi connectivity index (χ1n) is 11.0. The summed E-state index contributed by atoms with van der Waals surface area (Å²) in [6, 6.07) is 10.4. The molecule has 0 aliphatic carbocycles. The summed E-state index contributed by atoms with van der Waals surface area (Å²) in [5, 5.41) is 0.385. The predicted octanol–water partition coefficient (Wildman–Crippen LogP) is 6.35. The highest BCUT2D eigenvalue weighted by Crippen LogP contribution is 2.35. The van der Waals surface area contributed by atoms with E-state index in [2.05, 4.69) is 0 Å². The van der Waals surface area contributed by atoms with Gasteiger partial charge >= 0.3 is 5.97 Å². The second-order valence-electron chi connectivity index (χ2n) is 7.65. The van der Waals surface area contributed by atoms with Crippen molar-refractivity contribution in [2.24, 2.45) is 0 Å². The lowest BCUT2D eigenvalue weighted by Gasteiger charge is -2.15. The molecule has 0 bridgehead atoms. The molecular formula is C25H25Cl2NO6S. The lowest BCUT2D eigenvalue weighted by atomic mass is 10.1. The first-order chi connectivity index (χ1) is 16.7. The van der Waals surface area contributed by atoms with Crippen LogP contribution in [-0.2, 0) is 20.9 Å². The van der Waals surface area contributed by atoms with Crippen LogP contribution in [0.25, 0.3) is 6.08 Å². The van der Waals surface area contributed by atoms with Crippen LogP contribution in [-0.4, -0.2) is 41.3 Å². The topological polar surface area (TPSA) is 82.1 Å². The highest BCUT2D eigenvalue weighted by Gasteiger charge is 2.36. The summed E-state index contributed by atoms with van der Waals surface area (Å²) in [5.74, 6) is -0.169. The molecule has 2 amide bonds. The van der Waals surface area contributed by atoms with Crippen molar-refractivity contribution in [1.29, 1.82) is 0 Å². The number of hydrogen-bond acceptors (Lipinski definition) is 7. The van der Waals surface area contributed by atoms with E-state index in [4.69, 9.17) is 37.4 Å². The van der Waals surface area contributed by atoms with Gasteiger partial charge in [0.05, 0.1) is 27.7 Å². The minimum Gasteiger partial charge on any atom is -0.490 e. The van der Waals surface area contributed by atoms with Crippen molar-refractivity contribution >= 4 is 58.2 Å².